The van der Waals surface area contributed by atoms with Crippen molar-refractivity contribution in [1.29, 1.82) is 0 Å². The van der Waals surface area contributed by atoms with E-state index in [1.54, 1.807) is 36.4 Å². The number of hydrogen-bond donors (Lipinski definition) is 3. The van der Waals surface area contributed by atoms with Crippen molar-refractivity contribution in [2.75, 3.05) is 17.2 Å². The maximum absolute atomic E-state index is 12.7. The van der Waals surface area contributed by atoms with Crippen molar-refractivity contribution < 1.29 is 22.7 Å². The van der Waals surface area contributed by atoms with Crippen LogP contribution in [0.1, 0.15) is 96.8 Å². The molecule has 0 aliphatic rings. The first kappa shape index (κ1) is 33.9. The van der Waals surface area contributed by atoms with Crippen molar-refractivity contribution in [3.8, 4) is 0 Å². The lowest BCUT2D eigenvalue weighted by atomic mass is 10.0. The highest BCUT2D eigenvalue weighted by Gasteiger charge is 2.18. The van der Waals surface area contributed by atoms with Gasteiger partial charge in [0.15, 0.2) is 0 Å². The van der Waals surface area contributed by atoms with E-state index in [-0.39, 0.29) is 4.90 Å². The van der Waals surface area contributed by atoms with E-state index in [1.165, 1.54) is 82.8 Å². The van der Waals surface area contributed by atoms with Gasteiger partial charge in [-0.3, -0.25) is 5.32 Å². The molecule has 0 heterocycles. The Balaban J connectivity index is 1.24. The molecular weight excluding hydrogens is 562 g/mol. The van der Waals surface area contributed by atoms with Crippen molar-refractivity contribution >= 4 is 44.3 Å². The van der Waals surface area contributed by atoms with E-state index in [0.29, 0.717) is 18.0 Å². The molecule has 43 heavy (non-hydrogen) atoms. The van der Waals surface area contributed by atoms with Crippen molar-refractivity contribution in [1.82, 2.24) is 4.72 Å². The van der Waals surface area contributed by atoms with Gasteiger partial charge in [0, 0.05) is 11.4 Å². The highest BCUT2D eigenvalue weighted by molar-refractivity contribution is 7.90. The smallest absolute Gasteiger partial charge is 0.411 e. The van der Waals surface area contributed by atoms with Gasteiger partial charge in [-0.15, -0.1) is 0 Å². The SMILES string of the molecule is CCCCCCCCCCCCCCCCOC(=O)Nc1ccc(NC(=O)NS(=O)(=O)c2ccc3ccccc3c2)cc1. The third kappa shape index (κ3) is 13.1. The van der Waals surface area contributed by atoms with E-state index < -0.39 is 22.1 Å². The number of benzene rings is 3. The van der Waals surface area contributed by atoms with Crippen molar-refractivity contribution in [2.24, 2.45) is 0 Å². The Kier molecular flexibility index (Phi) is 14.9. The molecule has 0 aromatic heterocycles. The molecule has 3 rings (SSSR count). The Morgan fingerprint density at radius 1 is 0.628 bits per heavy atom. The van der Waals surface area contributed by atoms with E-state index in [1.807, 2.05) is 22.9 Å². The molecule has 0 bridgehead atoms. The topological polar surface area (TPSA) is 114 Å². The number of fused-ring (bicyclic) bond motifs is 1. The van der Waals surface area contributed by atoms with E-state index in [2.05, 4.69) is 17.6 Å². The van der Waals surface area contributed by atoms with E-state index in [4.69, 9.17) is 4.74 Å². The maximum Gasteiger partial charge on any atom is 0.411 e. The van der Waals surface area contributed by atoms with Gasteiger partial charge in [0.2, 0.25) is 0 Å². The summed E-state index contributed by atoms with van der Waals surface area (Å²) in [5, 5.41) is 6.81. The summed E-state index contributed by atoms with van der Waals surface area (Å²) in [5.74, 6) is 0. The first-order valence-electron chi connectivity index (χ1n) is 15.7. The lowest BCUT2D eigenvalue weighted by molar-refractivity contribution is 0.159. The van der Waals surface area contributed by atoms with Gasteiger partial charge in [0.05, 0.1) is 11.5 Å². The number of urea groups is 1. The predicted octanol–water partition coefficient (Wildman–Crippen LogP) is 9.38. The number of carbonyl (C=O) groups is 2. The molecule has 3 amide bonds. The minimum absolute atomic E-state index is 0.00602. The normalized spacial score (nSPS) is 11.3. The first-order chi connectivity index (χ1) is 20.9. The summed E-state index contributed by atoms with van der Waals surface area (Å²) >= 11 is 0. The highest BCUT2D eigenvalue weighted by atomic mass is 32.2. The first-order valence-corrected chi connectivity index (χ1v) is 17.2. The Hall–Kier alpha value is -3.59. The van der Waals surface area contributed by atoms with Crippen LogP contribution < -0.4 is 15.4 Å². The average Bonchev–Trinajstić information content (AvgIpc) is 2.99. The third-order valence-corrected chi connectivity index (χ3v) is 8.71. The van der Waals surface area contributed by atoms with Gasteiger partial charge >= 0.3 is 12.1 Å². The molecule has 0 aliphatic heterocycles. The number of rotatable bonds is 19. The minimum Gasteiger partial charge on any atom is -0.449 e. The van der Waals surface area contributed by atoms with Gasteiger partial charge in [-0.1, -0.05) is 121 Å². The molecule has 0 fully saturated rings. The molecule has 3 aromatic rings. The Morgan fingerprint density at radius 2 is 1.14 bits per heavy atom. The number of sulfonamides is 1. The van der Waals surface area contributed by atoms with Crippen LogP contribution in [0.4, 0.5) is 21.0 Å². The van der Waals surface area contributed by atoms with Crippen molar-refractivity contribution in [3.63, 3.8) is 0 Å². The lowest BCUT2D eigenvalue weighted by Gasteiger charge is -2.10. The summed E-state index contributed by atoms with van der Waals surface area (Å²) < 4.78 is 32.6. The molecule has 0 saturated heterocycles. The molecule has 8 nitrogen and oxygen atoms in total. The van der Waals surface area contributed by atoms with Gasteiger partial charge in [-0.05, 0) is 53.6 Å². The summed E-state index contributed by atoms with van der Waals surface area (Å²) in [5.41, 5.74) is 0.869. The zero-order valence-corrected chi connectivity index (χ0v) is 26.2. The van der Waals surface area contributed by atoms with Gasteiger partial charge < -0.3 is 10.1 Å². The molecule has 9 heteroatoms. The molecule has 3 N–H and O–H groups in total. The lowest BCUT2D eigenvalue weighted by Crippen LogP contribution is -2.34. The van der Waals surface area contributed by atoms with Crippen LogP contribution in [0.3, 0.4) is 0 Å². The Morgan fingerprint density at radius 3 is 1.72 bits per heavy atom. The second-order valence-corrected chi connectivity index (χ2v) is 12.7. The molecule has 3 aromatic carbocycles. The zero-order valence-electron chi connectivity index (χ0n) is 25.4. The third-order valence-electron chi connectivity index (χ3n) is 7.38. The molecule has 234 valence electrons. The fourth-order valence-corrected chi connectivity index (χ4v) is 5.87. The molecule has 0 atom stereocenters. The van der Waals surface area contributed by atoms with Crippen molar-refractivity contribution in [3.05, 3.63) is 66.7 Å². The fourth-order valence-electron chi connectivity index (χ4n) is 4.92. The zero-order chi connectivity index (χ0) is 30.8. The number of anilines is 2. The van der Waals surface area contributed by atoms with Crippen LogP contribution in [-0.2, 0) is 14.8 Å². The van der Waals surface area contributed by atoms with Crippen LogP contribution in [0.5, 0.6) is 0 Å². The Bertz CT molecular complexity index is 1380. The minimum atomic E-state index is -4.06. The fraction of sp³-hybridized carbons (Fsp3) is 0.471. The summed E-state index contributed by atoms with van der Waals surface area (Å²) in [6.45, 7) is 2.63. The summed E-state index contributed by atoms with van der Waals surface area (Å²) in [6, 6.07) is 17.5. The van der Waals surface area contributed by atoms with Gasteiger partial charge in [-0.25, -0.2) is 22.7 Å². The van der Waals surface area contributed by atoms with Crippen LogP contribution in [0.15, 0.2) is 71.6 Å². The van der Waals surface area contributed by atoms with Gasteiger partial charge in [0.1, 0.15) is 0 Å². The van der Waals surface area contributed by atoms with E-state index in [9.17, 15) is 18.0 Å². The maximum atomic E-state index is 12.7. The molecular formula is C34H47N3O5S. The number of carbonyl (C=O) groups excluding carboxylic acids is 2. The van der Waals surface area contributed by atoms with Crippen LogP contribution in [0, 0.1) is 0 Å². The molecule has 0 spiro atoms. The monoisotopic (exact) mass is 609 g/mol. The molecule has 0 aliphatic carbocycles. The largest absolute Gasteiger partial charge is 0.449 e. The van der Waals surface area contributed by atoms with E-state index >= 15 is 0 Å². The number of unbranched alkanes of at least 4 members (excludes halogenated alkanes) is 13. The molecule has 0 radical (unpaired) electrons. The average molecular weight is 610 g/mol. The van der Waals surface area contributed by atoms with Crippen LogP contribution in [0.25, 0.3) is 10.8 Å². The summed E-state index contributed by atoms with van der Waals surface area (Å²) in [4.78, 5) is 24.5. The van der Waals surface area contributed by atoms with Crippen LogP contribution >= 0.6 is 0 Å². The summed E-state index contributed by atoms with van der Waals surface area (Å²) in [6.07, 6.45) is 17.3. The van der Waals surface area contributed by atoms with Crippen LogP contribution in [-0.4, -0.2) is 27.1 Å². The second kappa shape index (κ2) is 18.8. The number of ether oxygens (including phenoxy) is 1. The Labute approximate surface area is 257 Å². The number of nitrogens with one attached hydrogen (secondary N) is 3. The quantitative estimate of drug-likeness (QED) is 0.117. The van der Waals surface area contributed by atoms with Crippen molar-refractivity contribution in [2.45, 2.75) is 102 Å². The molecule has 0 saturated carbocycles. The molecule has 0 unspecified atom stereocenters. The summed E-state index contributed by atoms with van der Waals surface area (Å²) in [7, 11) is -4.06. The predicted molar refractivity (Wildman–Crippen MR) is 175 cm³/mol. The van der Waals surface area contributed by atoms with Gasteiger partial charge in [-0.2, -0.15) is 0 Å². The standard InChI is InChI=1S/C34H47N3O5S/c1-2-3-4-5-6-7-8-9-10-11-12-13-14-17-26-42-34(39)36-31-23-21-30(22-24-31)35-33(38)37-43(40,41)32-25-20-28-18-15-16-19-29(28)27-32/h15-16,18-25,27H,2-14,17,26H2,1H3,(H,36,39)(H2,35,37,38). The van der Waals surface area contributed by atoms with Crippen LogP contribution in [0.2, 0.25) is 0 Å². The van der Waals surface area contributed by atoms with E-state index in [0.717, 1.165) is 30.0 Å². The van der Waals surface area contributed by atoms with Gasteiger partial charge in [0.25, 0.3) is 10.0 Å². The second-order valence-electron chi connectivity index (χ2n) is 11.0. The number of hydrogen-bond acceptors (Lipinski definition) is 5. The highest BCUT2D eigenvalue weighted by Crippen LogP contribution is 2.20. The number of amides is 3.